The smallest absolute Gasteiger partial charge is 0.269 e. The van der Waals surface area contributed by atoms with Gasteiger partial charge in [0.2, 0.25) is 5.91 Å². The number of benzene rings is 3. The summed E-state index contributed by atoms with van der Waals surface area (Å²) in [4.78, 5) is 28.6. The molecule has 1 atom stereocenters. The van der Waals surface area contributed by atoms with Crippen LogP contribution in [-0.2, 0) is 16.0 Å². The van der Waals surface area contributed by atoms with Crippen LogP contribution in [0.4, 0.5) is 11.4 Å². The second-order valence-electron chi connectivity index (χ2n) is 9.76. The minimum absolute atomic E-state index is 0.0734. The van der Waals surface area contributed by atoms with Crippen molar-refractivity contribution in [3.8, 4) is 6.07 Å². The predicted molar refractivity (Wildman–Crippen MR) is 151 cm³/mol. The van der Waals surface area contributed by atoms with Gasteiger partial charge in [-0.15, -0.1) is 0 Å². The highest BCUT2D eigenvalue weighted by atomic mass is 32.2. The van der Waals surface area contributed by atoms with E-state index in [1.807, 2.05) is 57.2 Å². The zero-order chi connectivity index (χ0) is 26.7. The van der Waals surface area contributed by atoms with Crippen molar-refractivity contribution in [2.24, 2.45) is 0 Å². The highest BCUT2D eigenvalue weighted by molar-refractivity contribution is 8.05. The molecule has 1 saturated heterocycles. The van der Waals surface area contributed by atoms with Gasteiger partial charge in [0.15, 0.2) is 0 Å². The van der Waals surface area contributed by atoms with E-state index < -0.39 is 11.2 Å². The van der Waals surface area contributed by atoms with E-state index >= 15 is 0 Å². The molecule has 188 valence electrons. The summed E-state index contributed by atoms with van der Waals surface area (Å²) in [7, 11) is 0. The fourth-order valence-electron chi connectivity index (χ4n) is 4.26. The van der Waals surface area contributed by atoms with Gasteiger partial charge in [0.25, 0.3) is 5.91 Å². The molecule has 37 heavy (non-hydrogen) atoms. The van der Waals surface area contributed by atoms with E-state index in [9.17, 15) is 14.9 Å². The number of nitrogens with one attached hydrogen (secondary N) is 1. The molecule has 6 heteroatoms. The zero-order valence-electron chi connectivity index (χ0n) is 21.8. The Morgan fingerprint density at radius 3 is 2.38 bits per heavy atom. The van der Waals surface area contributed by atoms with Crippen molar-refractivity contribution < 1.29 is 9.59 Å². The summed E-state index contributed by atoms with van der Waals surface area (Å²) in [5.74, 6) is -0.233. The monoisotopic (exact) mass is 509 g/mol. The van der Waals surface area contributed by atoms with Crippen molar-refractivity contribution in [3.05, 3.63) is 105 Å². The topological polar surface area (TPSA) is 73.2 Å². The Balaban J connectivity index is 1.72. The number of hydrogen-bond acceptors (Lipinski definition) is 4. The molecule has 1 unspecified atom stereocenters. The lowest BCUT2D eigenvalue weighted by Gasteiger charge is -2.20. The molecule has 1 heterocycles. The normalized spacial score (nSPS) is 16.6. The summed E-state index contributed by atoms with van der Waals surface area (Å²) in [5, 5.41) is 12.8. The Bertz CT molecular complexity index is 1420. The van der Waals surface area contributed by atoms with Crippen molar-refractivity contribution in [2.45, 2.75) is 52.2 Å². The number of hydrogen-bond donors (Lipinski definition) is 1. The summed E-state index contributed by atoms with van der Waals surface area (Å²) in [6.07, 6.45) is 0.505. The van der Waals surface area contributed by atoms with E-state index in [4.69, 9.17) is 0 Å². The maximum absolute atomic E-state index is 13.8. The molecule has 3 aromatic rings. The van der Waals surface area contributed by atoms with E-state index in [1.165, 1.54) is 17.3 Å². The molecule has 0 radical (unpaired) electrons. The van der Waals surface area contributed by atoms with Gasteiger partial charge in [-0.25, -0.2) is 0 Å². The Morgan fingerprint density at radius 1 is 1.03 bits per heavy atom. The third kappa shape index (κ3) is 5.79. The fourth-order valence-corrected chi connectivity index (χ4v) is 5.56. The first kappa shape index (κ1) is 26.2. The Morgan fingerprint density at radius 2 is 1.76 bits per heavy atom. The summed E-state index contributed by atoms with van der Waals surface area (Å²) in [6.45, 7) is 10.2. The van der Waals surface area contributed by atoms with Gasteiger partial charge >= 0.3 is 0 Å². The summed E-state index contributed by atoms with van der Waals surface area (Å²) in [6, 6.07) is 23.5. The SMILES string of the molecule is Cc1cccc(NC(=O)/C(C#N)=C2\SC(Cc3ccc(C(C)C)cc3)C(=O)N2c2ccc(C)c(C)c2)c1. The van der Waals surface area contributed by atoms with Gasteiger partial charge in [0.05, 0.1) is 5.25 Å². The lowest BCUT2D eigenvalue weighted by Crippen LogP contribution is -2.31. The molecule has 0 bridgehead atoms. The maximum Gasteiger partial charge on any atom is 0.269 e. The van der Waals surface area contributed by atoms with E-state index in [-0.39, 0.29) is 11.5 Å². The lowest BCUT2D eigenvalue weighted by atomic mass is 10.00. The minimum Gasteiger partial charge on any atom is -0.321 e. The number of thioether (sulfide) groups is 1. The lowest BCUT2D eigenvalue weighted by molar-refractivity contribution is -0.117. The standard InChI is InChI=1S/C31H31N3O2S/c1-19(2)24-12-10-23(11-13-24)17-28-30(36)34(26-14-9-21(4)22(5)16-26)31(37-28)27(18-32)29(35)33-25-8-6-7-20(3)15-25/h6-16,19,28H,17H2,1-5H3,(H,33,35)/b31-27-. The number of aryl methyl sites for hydroxylation is 3. The fraction of sp³-hybridized carbons (Fsp3) is 0.258. The van der Waals surface area contributed by atoms with Crippen molar-refractivity contribution in [2.75, 3.05) is 10.2 Å². The molecular weight excluding hydrogens is 478 g/mol. The molecule has 3 aromatic carbocycles. The van der Waals surface area contributed by atoms with Crippen molar-refractivity contribution in [1.82, 2.24) is 0 Å². The van der Waals surface area contributed by atoms with E-state index in [2.05, 4.69) is 49.5 Å². The average Bonchev–Trinajstić information content (AvgIpc) is 3.17. The number of carbonyl (C=O) groups is 2. The number of nitrogens with zero attached hydrogens (tertiary/aromatic N) is 2. The average molecular weight is 510 g/mol. The molecule has 1 aliphatic rings. The molecule has 0 aliphatic carbocycles. The molecule has 2 amide bonds. The first-order chi connectivity index (χ1) is 17.7. The highest BCUT2D eigenvalue weighted by Crippen LogP contribution is 2.42. The number of anilines is 2. The van der Waals surface area contributed by atoms with Crippen LogP contribution < -0.4 is 10.2 Å². The summed E-state index contributed by atoms with van der Waals surface area (Å²) >= 11 is 1.28. The van der Waals surface area contributed by atoms with Crippen LogP contribution in [0.5, 0.6) is 0 Å². The van der Waals surface area contributed by atoms with Gasteiger partial charge in [-0.2, -0.15) is 5.26 Å². The van der Waals surface area contributed by atoms with E-state index in [0.29, 0.717) is 28.7 Å². The van der Waals surface area contributed by atoms with Gasteiger partial charge in [0.1, 0.15) is 16.7 Å². The van der Waals surface area contributed by atoms with Crippen molar-refractivity contribution in [3.63, 3.8) is 0 Å². The third-order valence-electron chi connectivity index (χ3n) is 6.60. The zero-order valence-corrected chi connectivity index (χ0v) is 22.6. The van der Waals surface area contributed by atoms with Gasteiger partial charge in [-0.1, -0.05) is 68.1 Å². The van der Waals surface area contributed by atoms with Gasteiger partial charge < -0.3 is 5.32 Å². The molecule has 1 fully saturated rings. The van der Waals surface area contributed by atoms with Crippen LogP contribution in [0.3, 0.4) is 0 Å². The third-order valence-corrected chi connectivity index (χ3v) is 7.86. The highest BCUT2D eigenvalue weighted by Gasteiger charge is 2.41. The number of amides is 2. The Labute approximate surface area is 223 Å². The van der Waals surface area contributed by atoms with Gasteiger partial charge in [-0.05, 0) is 85.2 Å². The molecule has 0 saturated carbocycles. The predicted octanol–water partition coefficient (Wildman–Crippen LogP) is 6.80. The molecule has 5 nitrogen and oxygen atoms in total. The molecule has 0 aromatic heterocycles. The second-order valence-corrected chi connectivity index (χ2v) is 11.0. The Hall–Kier alpha value is -3.82. The van der Waals surface area contributed by atoms with Crippen LogP contribution in [0.15, 0.2) is 77.3 Å². The van der Waals surface area contributed by atoms with Crippen LogP contribution >= 0.6 is 11.8 Å². The van der Waals surface area contributed by atoms with Crippen molar-refractivity contribution in [1.29, 1.82) is 5.26 Å². The van der Waals surface area contributed by atoms with Crippen LogP contribution in [0.1, 0.15) is 47.6 Å². The summed E-state index contributed by atoms with van der Waals surface area (Å²) < 4.78 is 0. The van der Waals surface area contributed by atoms with E-state index in [0.717, 1.165) is 22.3 Å². The maximum atomic E-state index is 13.8. The first-order valence-corrected chi connectivity index (χ1v) is 13.2. The summed E-state index contributed by atoms with van der Waals surface area (Å²) in [5.41, 5.74) is 6.60. The molecule has 4 rings (SSSR count). The minimum atomic E-state index is -0.529. The number of rotatable bonds is 6. The molecule has 1 N–H and O–H groups in total. The second kappa shape index (κ2) is 11.1. The quantitative estimate of drug-likeness (QED) is 0.293. The van der Waals surface area contributed by atoms with Crippen LogP contribution in [-0.4, -0.2) is 17.1 Å². The van der Waals surface area contributed by atoms with Gasteiger partial charge in [0, 0.05) is 11.4 Å². The number of carbonyl (C=O) groups excluding carboxylic acids is 2. The van der Waals surface area contributed by atoms with Crippen LogP contribution in [0.2, 0.25) is 0 Å². The van der Waals surface area contributed by atoms with Gasteiger partial charge in [-0.3, -0.25) is 14.5 Å². The van der Waals surface area contributed by atoms with Crippen molar-refractivity contribution >= 4 is 35.0 Å². The van der Waals surface area contributed by atoms with E-state index in [1.54, 1.807) is 11.0 Å². The van der Waals surface area contributed by atoms with Crippen LogP contribution in [0.25, 0.3) is 0 Å². The first-order valence-electron chi connectivity index (χ1n) is 12.4. The molecular formula is C31H31N3O2S. The molecule has 0 spiro atoms. The number of nitriles is 1. The van der Waals surface area contributed by atoms with Crippen LogP contribution in [0, 0.1) is 32.1 Å². The largest absolute Gasteiger partial charge is 0.321 e. The molecule has 1 aliphatic heterocycles. The Kier molecular flexibility index (Phi) is 7.85.